The van der Waals surface area contributed by atoms with Crippen molar-refractivity contribution >= 4 is 33.3 Å². The number of rotatable bonds is 7. The maximum atomic E-state index is 12.8. The molecule has 10 heteroatoms. The van der Waals surface area contributed by atoms with E-state index in [4.69, 9.17) is 14.2 Å². The number of carbonyl (C=O) groups excluding carboxylic acids is 2. The quantitative estimate of drug-likeness (QED) is 0.615. The molecule has 0 unspecified atom stereocenters. The van der Waals surface area contributed by atoms with E-state index < -0.39 is 22.0 Å². The molecule has 1 aliphatic heterocycles. The SMILES string of the molecule is COC(=O)C1=C(C(=O)OC)N(c2ccc(S(=O)(=O)Nc3cccc(OC)c3)cc2)C=CC=C1. The highest BCUT2D eigenvalue weighted by Gasteiger charge is 2.27. The number of nitrogens with zero attached hydrogens (tertiary/aromatic N) is 1. The van der Waals surface area contributed by atoms with E-state index >= 15 is 0 Å². The normalized spacial score (nSPS) is 13.4. The summed E-state index contributed by atoms with van der Waals surface area (Å²) in [6.07, 6.45) is 6.18. The Bertz CT molecular complexity index is 1250. The number of carbonyl (C=O) groups is 2. The van der Waals surface area contributed by atoms with Crippen LogP contribution in [0.3, 0.4) is 0 Å². The van der Waals surface area contributed by atoms with E-state index in [1.807, 2.05) is 0 Å². The van der Waals surface area contributed by atoms with Gasteiger partial charge >= 0.3 is 11.9 Å². The highest BCUT2D eigenvalue weighted by atomic mass is 32.2. The van der Waals surface area contributed by atoms with Crippen LogP contribution in [0.5, 0.6) is 5.75 Å². The zero-order chi connectivity index (χ0) is 24.0. The number of benzene rings is 2. The fourth-order valence-electron chi connectivity index (χ4n) is 3.05. The van der Waals surface area contributed by atoms with Crippen LogP contribution in [0.2, 0.25) is 0 Å². The van der Waals surface area contributed by atoms with Gasteiger partial charge in [-0.25, -0.2) is 18.0 Å². The summed E-state index contributed by atoms with van der Waals surface area (Å²) >= 11 is 0. The predicted octanol–water partition coefficient (Wildman–Crippen LogP) is 2.99. The Labute approximate surface area is 191 Å². The number of allylic oxidation sites excluding steroid dienone is 2. The van der Waals surface area contributed by atoms with E-state index in [2.05, 4.69) is 4.72 Å². The summed E-state index contributed by atoms with van der Waals surface area (Å²) in [5, 5.41) is 0. The van der Waals surface area contributed by atoms with Crippen LogP contribution in [-0.2, 0) is 29.1 Å². The third kappa shape index (κ3) is 5.24. The van der Waals surface area contributed by atoms with E-state index in [-0.39, 0.29) is 16.2 Å². The van der Waals surface area contributed by atoms with Crippen molar-refractivity contribution in [2.45, 2.75) is 4.90 Å². The van der Waals surface area contributed by atoms with Crippen molar-refractivity contribution in [3.8, 4) is 5.75 Å². The summed E-state index contributed by atoms with van der Waals surface area (Å²) in [7, 11) is -0.000818. The van der Waals surface area contributed by atoms with Crippen LogP contribution in [0.15, 0.2) is 89.1 Å². The molecular weight excluding hydrogens is 448 g/mol. The third-order valence-electron chi connectivity index (χ3n) is 4.64. The van der Waals surface area contributed by atoms with Gasteiger partial charge in [0.05, 0.1) is 37.5 Å². The summed E-state index contributed by atoms with van der Waals surface area (Å²) in [6.45, 7) is 0. The Morgan fingerprint density at radius 3 is 2.24 bits per heavy atom. The molecule has 0 aromatic heterocycles. The van der Waals surface area contributed by atoms with Crippen molar-refractivity contribution in [1.82, 2.24) is 0 Å². The Morgan fingerprint density at radius 1 is 0.909 bits per heavy atom. The van der Waals surface area contributed by atoms with Crippen LogP contribution in [0.25, 0.3) is 0 Å². The Kier molecular flexibility index (Phi) is 7.19. The number of methoxy groups -OCH3 is 3. The van der Waals surface area contributed by atoms with Crippen molar-refractivity contribution in [3.63, 3.8) is 0 Å². The highest BCUT2D eigenvalue weighted by Crippen LogP contribution is 2.28. The van der Waals surface area contributed by atoms with Crippen molar-refractivity contribution in [3.05, 3.63) is 84.2 Å². The molecule has 0 bridgehead atoms. The van der Waals surface area contributed by atoms with Gasteiger partial charge in [-0.3, -0.25) is 4.72 Å². The summed E-state index contributed by atoms with van der Waals surface area (Å²) in [5.74, 6) is -0.972. The highest BCUT2D eigenvalue weighted by molar-refractivity contribution is 7.92. The lowest BCUT2D eigenvalue weighted by Crippen LogP contribution is -2.27. The molecule has 1 aliphatic rings. The standard InChI is InChI=1S/C23H22N2O7S/c1-30-18-8-6-7-16(15-18)24-33(28,29)19-12-10-17(11-13-19)25-14-5-4-9-20(22(26)31-2)21(25)23(27)32-3/h4-15,24H,1-3H3. The lowest BCUT2D eigenvalue weighted by Gasteiger charge is -2.23. The molecule has 172 valence electrons. The molecule has 0 saturated heterocycles. The van der Waals surface area contributed by atoms with E-state index in [9.17, 15) is 18.0 Å². The van der Waals surface area contributed by atoms with Gasteiger partial charge in [-0.2, -0.15) is 0 Å². The molecule has 0 spiro atoms. The smallest absolute Gasteiger partial charge is 0.355 e. The number of nitrogens with one attached hydrogen (secondary N) is 1. The van der Waals surface area contributed by atoms with Gasteiger partial charge in [0, 0.05) is 18.0 Å². The van der Waals surface area contributed by atoms with Crippen molar-refractivity contribution in [2.24, 2.45) is 0 Å². The fraction of sp³-hybridized carbons (Fsp3) is 0.130. The van der Waals surface area contributed by atoms with Crippen LogP contribution in [0.1, 0.15) is 0 Å². The van der Waals surface area contributed by atoms with Crippen molar-refractivity contribution < 1.29 is 32.2 Å². The monoisotopic (exact) mass is 470 g/mol. The second-order valence-corrected chi connectivity index (χ2v) is 8.33. The topological polar surface area (TPSA) is 111 Å². The molecule has 2 aromatic carbocycles. The number of esters is 2. The first-order valence-corrected chi connectivity index (χ1v) is 11.1. The van der Waals surface area contributed by atoms with E-state index in [1.165, 1.54) is 56.6 Å². The molecule has 1 N–H and O–H groups in total. The molecule has 33 heavy (non-hydrogen) atoms. The minimum atomic E-state index is -3.89. The molecule has 0 radical (unpaired) electrons. The number of hydrogen-bond donors (Lipinski definition) is 1. The number of sulfonamides is 1. The molecule has 0 amide bonds. The third-order valence-corrected chi connectivity index (χ3v) is 6.03. The number of ether oxygens (including phenoxy) is 3. The number of anilines is 2. The maximum absolute atomic E-state index is 12.8. The van der Waals surface area contributed by atoms with E-state index in [0.29, 0.717) is 17.1 Å². The summed E-state index contributed by atoms with van der Waals surface area (Å²) in [5.41, 5.74) is 0.695. The van der Waals surface area contributed by atoms with Gasteiger partial charge in [0.1, 0.15) is 11.4 Å². The van der Waals surface area contributed by atoms with Crippen LogP contribution in [-0.4, -0.2) is 41.7 Å². The van der Waals surface area contributed by atoms with E-state index in [1.54, 1.807) is 42.6 Å². The second-order valence-electron chi connectivity index (χ2n) is 6.65. The van der Waals surface area contributed by atoms with Crippen LogP contribution in [0.4, 0.5) is 11.4 Å². The molecule has 0 saturated carbocycles. The van der Waals surface area contributed by atoms with Gasteiger partial charge in [0.2, 0.25) is 0 Å². The lowest BCUT2D eigenvalue weighted by atomic mass is 10.1. The van der Waals surface area contributed by atoms with Crippen molar-refractivity contribution in [1.29, 1.82) is 0 Å². The average molecular weight is 471 g/mol. The zero-order valence-electron chi connectivity index (χ0n) is 18.1. The molecular formula is C23H22N2O7S. The Balaban J connectivity index is 1.96. The summed E-state index contributed by atoms with van der Waals surface area (Å²) in [4.78, 5) is 26.2. The molecule has 0 aliphatic carbocycles. The molecule has 1 heterocycles. The molecule has 2 aromatic rings. The second kappa shape index (κ2) is 10.0. The first kappa shape index (κ1) is 23.6. The minimum absolute atomic E-state index is 0.00258. The predicted molar refractivity (Wildman–Crippen MR) is 122 cm³/mol. The van der Waals surface area contributed by atoms with Gasteiger partial charge < -0.3 is 19.1 Å². The average Bonchev–Trinajstić information content (AvgIpc) is 3.06. The molecule has 9 nitrogen and oxygen atoms in total. The van der Waals surface area contributed by atoms with Crippen LogP contribution < -0.4 is 14.4 Å². The van der Waals surface area contributed by atoms with Gasteiger partial charge in [-0.15, -0.1) is 0 Å². The molecule has 0 atom stereocenters. The summed E-state index contributed by atoms with van der Waals surface area (Å²) < 4.78 is 42.9. The van der Waals surface area contributed by atoms with Crippen molar-refractivity contribution in [2.75, 3.05) is 31.0 Å². The summed E-state index contributed by atoms with van der Waals surface area (Å²) in [6, 6.07) is 12.3. The van der Waals surface area contributed by atoms with Gasteiger partial charge in [0.25, 0.3) is 10.0 Å². The Hall–Kier alpha value is -4.05. The van der Waals surface area contributed by atoms with Gasteiger partial charge in [0.15, 0.2) is 0 Å². The number of hydrogen-bond acceptors (Lipinski definition) is 8. The Morgan fingerprint density at radius 2 is 1.61 bits per heavy atom. The van der Waals surface area contributed by atoms with Gasteiger partial charge in [-0.1, -0.05) is 12.1 Å². The van der Waals surface area contributed by atoms with Crippen LogP contribution in [0, 0.1) is 0 Å². The van der Waals surface area contributed by atoms with Crippen LogP contribution >= 0.6 is 0 Å². The lowest BCUT2D eigenvalue weighted by molar-refractivity contribution is -0.139. The molecule has 3 rings (SSSR count). The fourth-order valence-corrected chi connectivity index (χ4v) is 4.10. The molecule has 0 fully saturated rings. The largest absolute Gasteiger partial charge is 0.497 e. The maximum Gasteiger partial charge on any atom is 0.355 e. The van der Waals surface area contributed by atoms with E-state index in [0.717, 1.165) is 0 Å². The zero-order valence-corrected chi connectivity index (χ0v) is 19.0. The first-order valence-electron chi connectivity index (χ1n) is 9.62. The first-order chi connectivity index (χ1) is 15.8. The minimum Gasteiger partial charge on any atom is -0.497 e. The van der Waals surface area contributed by atoms with Gasteiger partial charge in [-0.05, 0) is 48.6 Å².